The van der Waals surface area contributed by atoms with Gasteiger partial charge in [-0.3, -0.25) is 9.59 Å². The summed E-state index contributed by atoms with van der Waals surface area (Å²) >= 11 is 7.10. The first-order chi connectivity index (χ1) is 12.0. The lowest BCUT2D eigenvalue weighted by Crippen LogP contribution is -2.11. The highest BCUT2D eigenvalue weighted by atomic mass is 35.5. The van der Waals surface area contributed by atoms with Crippen molar-refractivity contribution < 1.29 is 14.3 Å². The van der Waals surface area contributed by atoms with E-state index in [4.69, 9.17) is 22.1 Å². The highest BCUT2D eigenvalue weighted by Gasteiger charge is 2.25. The molecule has 0 fully saturated rings. The van der Waals surface area contributed by atoms with E-state index in [0.717, 1.165) is 5.56 Å². The molecule has 0 aliphatic carbocycles. The zero-order valence-corrected chi connectivity index (χ0v) is 14.7. The average Bonchev–Trinajstić information content (AvgIpc) is 3.02. The van der Waals surface area contributed by atoms with Gasteiger partial charge in [-0.25, -0.2) is 4.98 Å². The second kappa shape index (κ2) is 7.16. The first-order valence-electron chi connectivity index (χ1n) is 7.28. The summed E-state index contributed by atoms with van der Waals surface area (Å²) in [4.78, 5) is 31.2. The number of hydrogen-bond acceptors (Lipinski definition) is 5. The van der Waals surface area contributed by atoms with E-state index < -0.39 is 17.1 Å². The van der Waals surface area contributed by atoms with Crippen molar-refractivity contribution in [2.75, 3.05) is 7.11 Å². The minimum absolute atomic E-state index is 0.321. The third-order valence-electron chi connectivity index (χ3n) is 3.57. The minimum atomic E-state index is -0.625. The SMILES string of the molecule is COC(=O)C(Sc1nc2c(C(N)=O)cccc2[nH]1)c1ccc(Cl)cc1. The second-order valence-electron chi connectivity index (χ2n) is 5.18. The number of aromatic nitrogens is 2. The Morgan fingerprint density at radius 2 is 1.96 bits per heavy atom. The topological polar surface area (TPSA) is 98.1 Å². The molecule has 0 bridgehead atoms. The van der Waals surface area contributed by atoms with Crippen molar-refractivity contribution in [2.24, 2.45) is 5.73 Å². The molecule has 1 amide bonds. The van der Waals surface area contributed by atoms with Crippen LogP contribution in [0.1, 0.15) is 21.2 Å². The van der Waals surface area contributed by atoms with Crippen LogP contribution in [0.5, 0.6) is 0 Å². The van der Waals surface area contributed by atoms with Crippen LogP contribution in [0.4, 0.5) is 0 Å². The Kier molecular flexibility index (Phi) is 4.96. The average molecular weight is 376 g/mol. The van der Waals surface area contributed by atoms with Crippen molar-refractivity contribution in [3.63, 3.8) is 0 Å². The third kappa shape index (κ3) is 3.62. The number of nitrogens with one attached hydrogen (secondary N) is 1. The molecule has 8 heteroatoms. The molecular formula is C17H14ClN3O3S. The molecule has 0 aliphatic rings. The summed E-state index contributed by atoms with van der Waals surface area (Å²) in [6.07, 6.45) is 0. The number of halogens is 1. The molecule has 2 aromatic carbocycles. The number of fused-ring (bicyclic) bond motifs is 1. The molecule has 3 N–H and O–H groups in total. The van der Waals surface area contributed by atoms with Crippen LogP contribution in [0.25, 0.3) is 11.0 Å². The molecule has 1 aromatic heterocycles. The predicted octanol–water partition coefficient (Wildman–Crippen LogP) is 3.32. The molecule has 128 valence electrons. The van der Waals surface area contributed by atoms with Crippen LogP contribution in [0, 0.1) is 0 Å². The lowest BCUT2D eigenvalue weighted by atomic mass is 10.1. The zero-order chi connectivity index (χ0) is 18.0. The summed E-state index contributed by atoms with van der Waals surface area (Å²) in [7, 11) is 1.33. The number of esters is 1. The Morgan fingerprint density at radius 1 is 1.24 bits per heavy atom. The summed E-state index contributed by atoms with van der Waals surface area (Å²) in [5, 5.41) is 0.432. The number of H-pyrrole nitrogens is 1. The van der Waals surface area contributed by atoms with Gasteiger partial charge in [-0.05, 0) is 29.8 Å². The van der Waals surface area contributed by atoms with Crippen LogP contribution in [-0.2, 0) is 9.53 Å². The largest absolute Gasteiger partial charge is 0.468 e. The summed E-state index contributed by atoms with van der Waals surface area (Å²) in [6, 6.07) is 12.0. The van der Waals surface area contributed by atoms with Gasteiger partial charge in [-0.1, -0.05) is 41.6 Å². The van der Waals surface area contributed by atoms with Crippen LogP contribution in [0.15, 0.2) is 47.6 Å². The number of nitrogens with two attached hydrogens (primary N) is 1. The summed E-state index contributed by atoms with van der Waals surface area (Å²) < 4.78 is 4.90. The maximum absolute atomic E-state index is 12.2. The predicted molar refractivity (Wildman–Crippen MR) is 96.7 cm³/mol. The normalized spacial score (nSPS) is 12.1. The van der Waals surface area contributed by atoms with E-state index in [-0.39, 0.29) is 0 Å². The molecule has 1 unspecified atom stereocenters. The van der Waals surface area contributed by atoms with Gasteiger partial charge >= 0.3 is 5.97 Å². The number of imidazole rings is 1. The molecule has 0 saturated heterocycles. The number of para-hydroxylation sites is 1. The Balaban J connectivity index is 1.98. The Hall–Kier alpha value is -2.51. The molecular weight excluding hydrogens is 362 g/mol. The first kappa shape index (κ1) is 17.3. The molecule has 3 aromatic rings. The van der Waals surface area contributed by atoms with Gasteiger partial charge in [-0.15, -0.1) is 0 Å². The van der Waals surface area contributed by atoms with Crippen molar-refractivity contribution >= 4 is 46.3 Å². The smallest absolute Gasteiger partial charge is 0.323 e. The molecule has 6 nitrogen and oxygen atoms in total. The first-order valence-corrected chi connectivity index (χ1v) is 8.54. The maximum atomic E-state index is 12.2. The minimum Gasteiger partial charge on any atom is -0.468 e. The number of amides is 1. The number of ether oxygens (including phenoxy) is 1. The van der Waals surface area contributed by atoms with Gasteiger partial charge in [0.05, 0.1) is 18.2 Å². The molecule has 1 heterocycles. The number of hydrogen-bond donors (Lipinski definition) is 2. The summed E-state index contributed by atoms with van der Waals surface area (Å²) in [5.41, 5.74) is 7.57. The highest BCUT2D eigenvalue weighted by Crippen LogP contribution is 2.36. The number of aromatic amines is 1. The molecule has 0 radical (unpaired) electrons. The van der Waals surface area contributed by atoms with E-state index >= 15 is 0 Å². The van der Waals surface area contributed by atoms with Gasteiger partial charge in [0.15, 0.2) is 5.16 Å². The van der Waals surface area contributed by atoms with E-state index in [0.29, 0.717) is 26.8 Å². The summed E-state index contributed by atoms with van der Waals surface area (Å²) in [6.45, 7) is 0. The van der Waals surface area contributed by atoms with Crippen molar-refractivity contribution in [3.05, 3.63) is 58.6 Å². The zero-order valence-electron chi connectivity index (χ0n) is 13.2. The Bertz CT molecular complexity index is 940. The number of methoxy groups -OCH3 is 1. The number of carbonyl (C=O) groups is 2. The number of benzene rings is 2. The number of nitrogens with zero attached hydrogens (tertiary/aromatic N) is 1. The number of rotatable bonds is 5. The monoisotopic (exact) mass is 375 g/mol. The standard InChI is InChI=1S/C17H14ClN3O3S/c1-24-16(23)14(9-5-7-10(18)8-6-9)25-17-20-12-4-2-3-11(15(19)22)13(12)21-17/h2-8,14H,1H3,(H2,19,22)(H,20,21). The Morgan fingerprint density at radius 3 is 2.60 bits per heavy atom. The van der Waals surface area contributed by atoms with Gasteiger partial charge in [0.2, 0.25) is 0 Å². The molecule has 1 atom stereocenters. The van der Waals surface area contributed by atoms with Crippen LogP contribution in [0.3, 0.4) is 0 Å². The fourth-order valence-corrected chi connectivity index (χ4v) is 3.52. The lowest BCUT2D eigenvalue weighted by molar-refractivity contribution is -0.140. The molecule has 0 aliphatic heterocycles. The van der Waals surface area contributed by atoms with Crippen molar-refractivity contribution in [3.8, 4) is 0 Å². The van der Waals surface area contributed by atoms with Gasteiger partial charge in [0.25, 0.3) is 5.91 Å². The van der Waals surface area contributed by atoms with Gasteiger partial charge < -0.3 is 15.5 Å². The Labute approximate surface area is 152 Å². The van der Waals surface area contributed by atoms with Crippen LogP contribution in [-0.4, -0.2) is 29.0 Å². The number of primary amides is 1. The molecule has 0 saturated carbocycles. The van der Waals surface area contributed by atoms with E-state index in [1.165, 1.54) is 18.9 Å². The van der Waals surface area contributed by atoms with E-state index in [1.807, 2.05) is 0 Å². The highest BCUT2D eigenvalue weighted by molar-refractivity contribution is 8.00. The van der Waals surface area contributed by atoms with Crippen molar-refractivity contribution in [1.29, 1.82) is 0 Å². The van der Waals surface area contributed by atoms with Gasteiger partial charge in [0.1, 0.15) is 10.8 Å². The quantitative estimate of drug-likeness (QED) is 0.526. The van der Waals surface area contributed by atoms with Crippen molar-refractivity contribution in [2.45, 2.75) is 10.4 Å². The fourth-order valence-electron chi connectivity index (χ4n) is 2.37. The number of carbonyl (C=O) groups excluding carboxylic acids is 2. The number of thioether (sulfide) groups is 1. The van der Waals surface area contributed by atoms with Crippen molar-refractivity contribution in [1.82, 2.24) is 9.97 Å². The molecule has 0 spiro atoms. The van der Waals surface area contributed by atoms with E-state index in [9.17, 15) is 9.59 Å². The molecule has 3 rings (SSSR count). The third-order valence-corrected chi connectivity index (χ3v) is 4.94. The lowest BCUT2D eigenvalue weighted by Gasteiger charge is -2.13. The second-order valence-corrected chi connectivity index (χ2v) is 6.71. The van der Waals surface area contributed by atoms with Crippen LogP contribution >= 0.6 is 23.4 Å². The van der Waals surface area contributed by atoms with Gasteiger partial charge in [0, 0.05) is 5.02 Å². The maximum Gasteiger partial charge on any atom is 0.323 e. The van der Waals surface area contributed by atoms with Crippen LogP contribution in [0.2, 0.25) is 5.02 Å². The fraction of sp³-hybridized carbons (Fsp3) is 0.118. The molecule has 25 heavy (non-hydrogen) atoms. The van der Waals surface area contributed by atoms with Crippen LogP contribution < -0.4 is 5.73 Å². The summed E-state index contributed by atoms with van der Waals surface area (Å²) in [5.74, 6) is -0.973. The van der Waals surface area contributed by atoms with Gasteiger partial charge in [-0.2, -0.15) is 0 Å². The van der Waals surface area contributed by atoms with E-state index in [1.54, 1.807) is 42.5 Å². The van der Waals surface area contributed by atoms with E-state index in [2.05, 4.69) is 9.97 Å².